The molecule has 98 valence electrons. The van der Waals surface area contributed by atoms with Gasteiger partial charge in [0, 0.05) is 24.8 Å². The highest BCUT2D eigenvalue weighted by molar-refractivity contribution is 5.58. The van der Waals surface area contributed by atoms with Crippen LogP contribution in [0.2, 0.25) is 0 Å². The smallest absolute Gasteiger partial charge is 0.0992 e. The van der Waals surface area contributed by atoms with Crippen molar-refractivity contribution in [2.75, 3.05) is 18.5 Å². The Kier molecular flexibility index (Phi) is 5.67. The number of aliphatic hydroxyl groups is 1. The fourth-order valence-electron chi connectivity index (χ4n) is 2.02. The van der Waals surface area contributed by atoms with E-state index in [-0.39, 0.29) is 0 Å². The van der Waals surface area contributed by atoms with E-state index in [9.17, 15) is 5.11 Å². The summed E-state index contributed by atoms with van der Waals surface area (Å²) in [5, 5.41) is 18.7. The number of aliphatic hydroxyl groups excluding tert-OH is 1. The van der Waals surface area contributed by atoms with Crippen LogP contribution < -0.4 is 4.90 Å². The summed E-state index contributed by atoms with van der Waals surface area (Å²) in [4.78, 5) is 2.12. The molecular weight excluding hydrogens is 224 g/mol. The van der Waals surface area contributed by atoms with Gasteiger partial charge in [-0.05, 0) is 25.5 Å². The van der Waals surface area contributed by atoms with E-state index in [0.717, 1.165) is 24.2 Å². The lowest BCUT2D eigenvalue weighted by Gasteiger charge is -2.24. The molecule has 18 heavy (non-hydrogen) atoms. The Morgan fingerprint density at radius 1 is 1.39 bits per heavy atom. The van der Waals surface area contributed by atoms with E-state index in [2.05, 4.69) is 17.9 Å². The number of rotatable bonds is 6. The maximum Gasteiger partial charge on any atom is 0.0992 e. The minimum Gasteiger partial charge on any atom is -0.389 e. The number of hydrogen-bond acceptors (Lipinski definition) is 3. The van der Waals surface area contributed by atoms with Gasteiger partial charge in [-0.1, -0.05) is 25.8 Å². The number of nitriles is 1. The van der Waals surface area contributed by atoms with Crippen molar-refractivity contribution in [2.45, 2.75) is 39.2 Å². The van der Waals surface area contributed by atoms with Crippen molar-refractivity contribution < 1.29 is 5.11 Å². The third-order valence-corrected chi connectivity index (χ3v) is 3.12. The summed E-state index contributed by atoms with van der Waals surface area (Å²) in [5.41, 5.74) is 2.48. The fraction of sp³-hybridized carbons (Fsp3) is 0.533. The summed E-state index contributed by atoms with van der Waals surface area (Å²) in [7, 11) is 2.01. The molecule has 1 unspecified atom stereocenters. The minimum absolute atomic E-state index is 0.513. The molecule has 0 amide bonds. The molecule has 0 bridgehead atoms. The number of nitrogens with zero attached hydrogens (tertiary/aromatic N) is 2. The van der Waals surface area contributed by atoms with Crippen molar-refractivity contribution in [3.05, 3.63) is 29.3 Å². The van der Waals surface area contributed by atoms with E-state index in [1.54, 1.807) is 13.0 Å². The Morgan fingerprint density at radius 2 is 2.11 bits per heavy atom. The Bertz CT molecular complexity index is 421. The predicted octanol–water partition coefficient (Wildman–Crippen LogP) is 3.24. The van der Waals surface area contributed by atoms with Crippen LogP contribution >= 0.6 is 0 Å². The van der Waals surface area contributed by atoms with Gasteiger partial charge in [0.2, 0.25) is 0 Å². The van der Waals surface area contributed by atoms with E-state index < -0.39 is 6.10 Å². The highest BCUT2D eigenvalue weighted by Gasteiger charge is 2.12. The van der Waals surface area contributed by atoms with Crippen molar-refractivity contribution >= 4 is 5.69 Å². The van der Waals surface area contributed by atoms with Gasteiger partial charge in [-0.2, -0.15) is 5.26 Å². The number of unbranched alkanes of at least 4 members (excludes halogenated alkanes) is 2. The predicted molar refractivity (Wildman–Crippen MR) is 74.6 cm³/mol. The van der Waals surface area contributed by atoms with Crippen molar-refractivity contribution in [3.63, 3.8) is 0 Å². The minimum atomic E-state index is -0.513. The maximum absolute atomic E-state index is 9.78. The monoisotopic (exact) mass is 246 g/mol. The molecule has 3 heteroatoms. The highest BCUT2D eigenvalue weighted by atomic mass is 16.3. The number of hydrogen-bond donors (Lipinski definition) is 1. The molecule has 0 aliphatic carbocycles. The van der Waals surface area contributed by atoms with Gasteiger partial charge in [0.1, 0.15) is 0 Å². The van der Waals surface area contributed by atoms with E-state index in [4.69, 9.17) is 5.26 Å². The Labute approximate surface area is 110 Å². The molecule has 0 saturated heterocycles. The molecule has 1 aromatic rings. The van der Waals surface area contributed by atoms with Gasteiger partial charge in [-0.15, -0.1) is 0 Å². The Morgan fingerprint density at radius 3 is 2.67 bits per heavy atom. The van der Waals surface area contributed by atoms with Crippen LogP contribution in [0.5, 0.6) is 0 Å². The van der Waals surface area contributed by atoms with Crippen LogP contribution in [0.15, 0.2) is 18.2 Å². The zero-order valence-electron chi connectivity index (χ0n) is 11.5. The summed E-state index contributed by atoms with van der Waals surface area (Å²) in [6, 6.07) is 7.60. The molecule has 3 nitrogen and oxygen atoms in total. The summed E-state index contributed by atoms with van der Waals surface area (Å²) in [5.74, 6) is 0. The van der Waals surface area contributed by atoms with Crippen molar-refractivity contribution in [2.24, 2.45) is 0 Å². The summed E-state index contributed by atoms with van der Waals surface area (Å²) in [6.45, 7) is 4.88. The van der Waals surface area contributed by atoms with Crippen LogP contribution in [-0.4, -0.2) is 18.7 Å². The maximum atomic E-state index is 9.78. The molecule has 1 rings (SSSR count). The van der Waals surface area contributed by atoms with Gasteiger partial charge in [0.15, 0.2) is 0 Å². The second-order valence-corrected chi connectivity index (χ2v) is 4.69. The Balaban J connectivity index is 2.93. The first-order chi connectivity index (χ1) is 8.60. The molecule has 1 N–H and O–H groups in total. The molecule has 1 aromatic carbocycles. The van der Waals surface area contributed by atoms with Gasteiger partial charge in [-0.25, -0.2) is 0 Å². The van der Waals surface area contributed by atoms with E-state index in [0.29, 0.717) is 5.56 Å². The highest BCUT2D eigenvalue weighted by Crippen LogP contribution is 2.27. The largest absolute Gasteiger partial charge is 0.389 e. The zero-order chi connectivity index (χ0) is 13.5. The molecule has 0 saturated carbocycles. The summed E-state index contributed by atoms with van der Waals surface area (Å²) in [6.07, 6.45) is 3.01. The van der Waals surface area contributed by atoms with Gasteiger partial charge >= 0.3 is 0 Å². The fourth-order valence-corrected chi connectivity index (χ4v) is 2.02. The molecule has 0 aromatic heterocycles. The quantitative estimate of drug-likeness (QED) is 0.784. The second-order valence-electron chi connectivity index (χ2n) is 4.69. The third-order valence-electron chi connectivity index (χ3n) is 3.12. The topological polar surface area (TPSA) is 47.3 Å². The third kappa shape index (κ3) is 3.75. The van der Waals surface area contributed by atoms with Crippen LogP contribution in [-0.2, 0) is 0 Å². The normalized spacial score (nSPS) is 11.9. The average Bonchev–Trinajstić information content (AvgIpc) is 2.38. The molecule has 0 fully saturated rings. The van der Waals surface area contributed by atoms with E-state index in [1.165, 1.54) is 12.8 Å². The number of benzene rings is 1. The van der Waals surface area contributed by atoms with Crippen LogP contribution in [0.25, 0.3) is 0 Å². The summed E-state index contributed by atoms with van der Waals surface area (Å²) < 4.78 is 0. The van der Waals surface area contributed by atoms with Crippen LogP contribution in [0.1, 0.15) is 50.3 Å². The first kappa shape index (κ1) is 14.5. The van der Waals surface area contributed by atoms with Gasteiger partial charge in [-0.3, -0.25) is 0 Å². The van der Waals surface area contributed by atoms with Gasteiger partial charge in [0.25, 0.3) is 0 Å². The average molecular weight is 246 g/mol. The molecule has 0 spiro atoms. The first-order valence-electron chi connectivity index (χ1n) is 6.53. The first-order valence-corrected chi connectivity index (χ1v) is 6.53. The van der Waals surface area contributed by atoms with Gasteiger partial charge in [0.05, 0.1) is 17.7 Å². The lowest BCUT2D eigenvalue weighted by atomic mass is 10.0. The molecule has 0 aliphatic heterocycles. The number of anilines is 1. The summed E-state index contributed by atoms with van der Waals surface area (Å²) >= 11 is 0. The van der Waals surface area contributed by atoms with Crippen LogP contribution in [0.4, 0.5) is 5.69 Å². The molecule has 0 aliphatic rings. The standard InChI is InChI=1S/C15H22N2O/c1-4-5-6-9-17(3)15-10-13(11-16)7-8-14(15)12(2)18/h7-8,10,12,18H,4-6,9H2,1-3H3. The lowest BCUT2D eigenvalue weighted by molar-refractivity contribution is 0.199. The van der Waals surface area contributed by atoms with Crippen molar-refractivity contribution in [3.8, 4) is 6.07 Å². The van der Waals surface area contributed by atoms with Gasteiger partial charge < -0.3 is 10.0 Å². The van der Waals surface area contributed by atoms with Crippen molar-refractivity contribution in [1.29, 1.82) is 5.26 Å². The van der Waals surface area contributed by atoms with Crippen molar-refractivity contribution in [1.82, 2.24) is 0 Å². The Hall–Kier alpha value is -1.53. The van der Waals surface area contributed by atoms with E-state index >= 15 is 0 Å². The van der Waals surface area contributed by atoms with E-state index in [1.807, 2.05) is 19.2 Å². The second kappa shape index (κ2) is 7.03. The van der Waals surface area contributed by atoms with Crippen LogP contribution in [0.3, 0.4) is 0 Å². The molecule has 0 heterocycles. The van der Waals surface area contributed by atoms with Crippen LogP contribution in [0, 0.1) is 11.3 Å². The molecule has 0 radical (unpaired) electrons. The SMILES string of the molecule is CCCCCN(C)c1cc(C#N)ccc1C(C)O. The zero-order valence-corrected chi connectivity index (χ0v) is 11.5. The molecular formula is C15H22N2O. The lowest BCUT2D eigenvalue weighted by Crippen LogP contribution is -2.20. The molecule has 1 atom stereocenters.